The van der Waals surface area contributed by atoms with Gasteiger partial charge in [0.1, 0.15) is 6.61 Å². The van der Waals surface area contributed by atoms with Crippen molar-refractivity contribution in [2.75, 3.05) is 26.9 Å². The maximum atomic E-state index is 12.7. The van der Waals surface area contributed by atoms with Crippen molar-refractivity contribution >= 4 is 44.9 Å². The lowest BCUT2D eigenvalue weighted by Crippen LogP contribution is -2.29. The molecule has 3 rings (SSSR count). The van der Waals surface area contributed by atoms with Crippen molar-refractivity contribution in [1.82, 2.24) is 4.90 Å². The van der Waals surface area contributed by atoms with Gasteiger partial charge in [-0.1, -0.05) is 45.8 Å². The smallest absolute Gasteiger partial charge is 0.293 e. The summed E-state index contributed by atoms with van der Waals surface area (Å²) in [6, 6.07) is 11.8. The molecule has 1 heterocycles. The lowest BCUT2D eigenvalue weighted by Gasteiger charge is -2.14. The highest BCUT2D eigenvalue weighted by molar-refractivity contribution is 9.10. The normalized spacial score (nSPS) is 15.0. The second kappa shape index (κ2) is 11.5. The SMILES string of the molecule is CCOc1cc(/C=C2/SC(=O)N(CCCOC)C2=O)c(Br)cc1OCc1cccc(C)c1. The number of methoxy groups -OCH3 is 1. The van der Waals surface area contributed by atoms with Crippen molar-refractivity contribution < 1.29 is 23.8 Å². The number of aryl methyl sites for hydroxylation is 1. The highest BCUT2D eigenvalue weighted by Gasteiger charge is 2.34. The second-order valence-corrected chi connectivity index (χ2v) is 9.06. The number of ether oxygens (including phenoxy) is 3. The molecule has 1 aliphatic heterocycles. The lowest BCUT2D eigenvalue weighted by molar-refractivity contribution is -0.122. The summed E-state index contributed by atoms with van der Waals surface area (Å²) >= 11 is 4.50. The monoisotopic (exact) mass is 519 g/mol. The van der Waals surface area contributed by atoms with Crippen LogP contribution in [0.25, 0.3) is 6.08 Å². The Morgan fingerprint density at radius 2 is 1.91 bits per heavy atom. The molecule has 0 atom stereocenters. The zero-order valence-corrected chi connectivity index (χ0v) is 20.8. The molecule has 0 saturated carbocycles. The molecule has 0 aliphatic carbocycles. The van der Waals surface area contributed by atoms with E-state index in [9.17, 15) is 9.59 Å². The summed E-state index contributed by atoms with van der Waals surface area (Å²) in [5.41, 5.74) is 2.97. The van der Waals surface area contributed by atoms with Gasteiger partial charge < -0.3 is 14.2 Å². The zero-order chi connectivity index (χ0) is 23.1. The Kier molecular flexibility index (Phi) is 8.78. The number of thioether (sulfide) groups is 1. The summed E-state index contributed by atoms with van der Waals surface area (Å²) in [6.07, 6.45) is 2.31. The molecule has 0 bridgehead atoms. The Morgan fingerprint density at radius 3 is 2.62 bits per heavy atom. The third-order valence-electron chi connectivity index (χ3n) is 4.73. The molecule has 0 aromatic heterocycles. The fourth-order valence-corrected chi connectivity index (χ4v) is 4.50. The first-order valence-electron chi connectivity index (χ1n) is 10.3. The van der Waals surface area contributed by atoms with E-state index < -0.39 is 0 Å². The minimum absolute atomic E-state index is 0.267. The van der Waals surface area contributed by atoms with Crippen LogP contribution in [0.4, 0.5) is 4.79 Å². The average Bonchev–Trinajstić information content (AvgIpc) is 3.02. The maximum Gasteiger partial charge on any atom is 0.293 e. The van der Waals surface area contributed by atoms with Crippen LogP contribution < -0.4 is 9.47 Å². The van der Waals surface area contributed by atoms with Gasteiger partial charge >= 0.3 is 0 Å². The van der Waals surface area contributed by atoms with E-state index in [4.69, 9.17) is 14.2 Å². The van der Waals surface area contributed by atoms with Gasteiger partial charge in [-0.15, -0.1) is 0 Å². The average molecular weight is 520 g/mol. The van der Waals surface area contributed by atoms with Gasteiger partial charge in [0.05, 0.1) is 11.5 Å². The summed E-state index contributed by atoms with van der Waals surface area (Å²) in [5, 5.41) is -0.267. The van der Waals surface area contributed by atoms with E-state index in [-0.39, 0.29) is 11.1 Å². The van der Waals surface area contributed by atoms with Crippen LogP contribution in [-0.2, 0) is 16.1 Å². The Labute approximate surface area is 201 Å². The largest absolute Gasteiger partial charge is 0.490 e. The van der Waals surface area contributed by atoms with Gasteiger partial charge in [0.2, 0.25) is 0 Å². The molecule has 170 valence electrons. The van der Waals surface area contributed by atoms with Crippen LogP contribution in [0.5, 0.6) is 11.5 Å². The molecular formula is C24H26BrNO5S. The van der Waals surface area contributed by atoms with E-state index >= 15 is 0 Å². The molecule has 0 radical (unpaired) electrons. The first kappa shape index (κ1) is 24.4. The zero-order valence-electron chi connectivity index (χ0n) is 18.4. The van der Waals surface area contributed by atoms with Crippen molar-refractivity contribution in [1.29, 1.82) is 0 Å². The number of hydrogen-bond donors (Lipinski definition) is 0. The second-order valence-electron chi connectivity index (χ2n) is 7.21. The number of hydrogen-bond acceptors (Lipinski definition) is 6. The van der Waals surface area contributed by atoms with Crippen molar-refractivity contribution in [3.63, 3.8) is 0 Å². The van der Waals surface area contributed by atoms with Gasteiger partial charge in [-0.05, 0) is 61.4 Å². The molecule has 6 nitrogen and oxygen atoms in total. The summed E-state index contributed by atoms with van der Waals surface area (Å²) < 4.78 is 17.6. The quantitative estimate of drug-likeness (QED) is 0.291. The maximum absolute atomic E-state index is 12.7. The van der Waals surface area contributed by atoms with Gasteiger partial charge in [-0.25, -0.2) is 0 Å². The van der Waals surface area contributed by atoms with Crippen LogP contribution >= 0.6 is 27.7 Å². The van der Waals surface area contributed by atoms with E-state index in [1.807, 2.05) is 44.2 Å². The molecular weight excluding hydrogens is 494 g/mol. The standard InChI is InChI=1S/C24H26BrNO5S/c1-4-30-20-12-18(13-22-23(27)26(24(28)32-22)9-6-10-29-3)19(25)14-21(20)31-15-17-8-5-7-16(2)11-17/h5,7-8,11-14H,4,6,9-10,15H2,1-3H3/b22-13+. The lowest BCUT2D eigenvalue weighted by atomic mass is 10.1. The molecule has 2 amide bonds. The molecule has 8 heteroatoms. The molecule has 2 aromatic rings. The van der Waals surface area contributed by atoms with Crippen LogP contribution in [0, 0.1) is 6.92 Å². The molecule has 0 N–H and O–H groups in total. The minimum Gasteiger partial charge on any atom is -0.490 e. The van der Waals surface area contributed by atoms with Gasteiger partial charge in [0.15, 0.2) is 11.5 Å². The molecule has 1 fully saturated rings. The fourth-order valence-electron chi connectivity index (χ4n) is 3.21. The molecule has 1 saturated heterocycles. The molecule has 1 aliphatic rings. The fraction of sp³-hybridized carbons (Fsp3) is 0.333. The van der Waals surface area contributed by atoms with Gasteiger partial charge in [-0.3, -0.25) is 14.5 Å². The van der Waals surface area contributed by atoms with E-state index in [1.54, 1.807) is 13.2 Å². The van der Waals surface area contributed by atoms with Crippen molar-refractivity contribution in [3.05, 3.63) is 62.5 Å². The van der Waals surface area contributed by atoms with Crippen molar-refractivity contribution in [2.24, 2.45) is 0 Å². The first-order valence-corrected chi connectivity index (χ1v) is 11.9. The van der Waals surface area contributed by atoms with Crippen molar-refractivity contribution in [2.45, 2.75) is 26.9 Å². The van der Waals surface area contributed by atoms with Gasteiger partial charge in [-0.2, -0.15) is 0 Å². The highest BCUT2D eigenvalue weighted by Crippen LogP contribution is 2.38. The number of nitrogens with zero attached hydrogens (tertiary/aromatic N) is 1. The molecule has 0 unspecified atom stereocenters. The topological polar surface area (TPSA) is 65.1 Å². The summed E-state index contributed by atoms with van der Waals surface area (Å²) in [7, 11) is 1.59. The van der Waals surface area contributed by atoms with Crippen LogP contribution in [0.15, 0.2) is 45.8 Å². The number of benzene rings is 2. The summed E-state index contributed by atoms with van der Waals surface area (Å²) in [5.74, 6) is 0.889. The Bertz CT molecular complexity index is 1020. The van der Waals surface area contributed by atoms with Crippen LogP contribution in [0.3, 0.4) is 0 Å². The Hall–Kier alpha value is -2.29. The first-order chi connectivity index (χ1) is 15.4. The highest BCUT2D eigenvalue weighted by atomic mass is 79.9. The van der Waals surface area contributed by atoms with Crippen LogP contribution in [0.1, 0.15) is 30.0 Å². The Morgan fingerprint density at radius 1 is 1.12 bits per heavy atom. The third-order valence-corrected chi connectivity index (χ3v) is 6.32. The number of carbonyl (C=O) groups excluding carboxylic acids is 2. The predicted molar refractivity (Wildman–Crippen MR) is 130 cm³/mol. The predicted octanol–water partition coefficient (Wildman–Crippen LogP) is 5.81. The molecule has 0 spiro atoms. The number of halogens is 1. The summed E-state index contributed by atoms with van der Waals surface area (Å²) in [4.78, 5) is 26.6. The van der Waals surface area contributed by atoms with Crippen molar-refractivity contribution in [3.8, 4) is 11.5 Å². The number of amides is 2. The minimum atomic E-state index is -0.291. The molecule has 32 heavy (non-hydrogen) atoms. The van der Waals surface area contributed by atoms with E-state index in [0.29, 0.717) is 49.2 Å². The number of carbonyl (C=O) groups is 2. The van der Waals surface area contributed by atoms with Gasteiger partial charge in [0, 0.05) is 24.7 Å². The third kappa shape index (κ3) is 6.15. The van der Waals surface area contributed by atoms with Crippen LogP contribution in [-0.4, -0.2) is 42.9 Å². The van der Waals surface area contributed by atoms with E-state index in [2.05, 4.69) is 22.0 Å². The number of rotatable bonds is 10. The summed E-state index contributed by atoms with van der Waals surface area (Å²) in [6.45, 7) is 5.66. The van der Waals surface area contributed by atoms with Gasteiger partial charge in [0.25, 0.3) is 11.1 Å². The number of imide groups is 1. The van der Waals surface area contributed by atoms with E-state index in [0.717, 1.165) is 27.4 Å². The Balaban J connectivity index is 1.81. The van der Waals surface area contributed by atoms with E-state index in [1.165, 1.54) is 10.5 Å². The van der Waals surface area contributed by atoms with Crippen LogP contribution in [0.2, 0.25) is 0 Å². The molecule has 2 aromatic carbocycles.